The number of benzene rings is 5. The first kappa shape index (κ1) is 23.2. The number of imide groups is 1. The van der Waals surface area contributed by atoms with Gasteiger partial charge in [-0.1, -0.05) is 66.7 Å². The summed E-state index contributed by atoms with van der Waals surface area (Å²) in [5, 5.41) is 21.1. The third kappa shape index (κ3) is 3.14. The number of carbonyl (C=O) groups excluding carboxylic acids is 2. The van der Waals surface area contributed by atoms with Gasteiger partial charge in [0.05, 0.1) is 56.8 Å². The minimum absolute atomic E-state index is 0.277. The third-order valence-corrected chi connectivity index (χ3v) is 7.42. The van der Waals surface area contributed by atoms with E-state index in [-0.39, 0.29) is 5.56 Å². The molecule has 2 amide bonds. The van der Waals surface area contributed by atoms with Gasteiger partial charge in [0.1, 0.15) is 0 Å². The van der Waals surface area contributed by atoms with Crippen LogP contribution in [0, 0.1) is 22.7 Å². The summed E-state index contributed by atoms with van der Waals surface area (Å²) in [4.78, 5) is 29.3. The van der Waals surface area contributed by atoms with Crippen LogP contribution in [0.15, 0.2) is 109 Å². The van der Waals surface area contributed by atoms with E-state index in [0.29, 0.717) is 49.9 Å². The molecule has 1 aliphatic heterocycles. The van der Waals surface area contributed by atoms with Crippen LogP contribution in [0.2, 0.25) is 0 Å². The predicted octanol–water partition coefficient (Wildman–Crippen LogP) is 6.99. The molecule has 0 saturated carbocycles. The van der Waals surface area contributed by atoms with Crippen LogP contribution >= 0.6 is 0 Å². The van der Waals surface area contributed by atoms with Gasteiger partial charge < -0.3 is 4.57 Å². The van der Waals surface area contributed by atoms with Crippen LogP contribution in [-0.4, -0.2) is 16.4 Å². The fourth-order valence-corrected chi connectivity index (χ4v) is 5.76. The summed E-state index contributed by atoms with van der Waals surface area (Å²) in [5.74, 6) is -0.830. The summed E-state index contributed by atoms with van der Waals surface area (Å²) in [6, 6.07) is 37.4. The van der Waals surface area contributed by atoms with E-state index in [4.69, 9.17) is 0 Å². The van der Waals surface area contributed by atoms with Crippen molar-refractivity contribution in [1.82, 2.24) is 4.57 Å². The lowest BCUT2D eigenvalue weighted by Crippen LogP contribution is -2.30. The molecule has 6 aromatic rings. The van der Waals surface area contributed by atoms with Crippen molar-refractivity contribution in [1.29, 1.82) is 10.5 Å². The van der Waals surface area contributed by atoms with E-state index >= 15 is 0 Å². The first-order valence-corrected chi connectivity index (χ1v) is 12.7. The Morgan fingerprint density at radius 2 is 1.07 bits per heavy atom. The molecule has 186 valence electrons. The van der Waals surface area contributed by atoms with Gasteiger partial charge in [-0.3, -0.25) is 9.59 Å². The van der Waals surface area contributed by atoms with Gasteiger partial charge in [-0.2, -0.15) is 10.5 Å². The van der Waals surface area contributed by atoms with Crippen LogP contribution in [0.3, 0.4) is 0 Å². The molecule has 5 aromatic carbocycles. The molecule has 0 aliphatic carbocycles. The van der Waals surface area contributed by atoms with Gasteiger partial charge in [0.15, 0.2) is 0 Å². The molecular weight excluding hydrogens is 496 g/mol. The fourth-order valence-electron chi connectivity index (χ4n) is 5.76. The summed E-state index contributed by atoms with van der Waals surface area (Å²) in [6.07, 6.45) is 0. The zero-order valence-corrected chi connectivity index (χ0v) is 21.0. The van der Waals surface area contributed by atoms with Crippen molar-refractivity contribution in [3.63, 3.8) is 0 Å². The number of carbonyl (C=O) groups is 2. The Kier molecular flexibility index (Phi) is 5.10. The topological polar surface area (TPSA) is 89.9 Å². The molecule has 40 heavy (non-hydrogen) atoms. The summed E-state index contributed by atoms with van der Waals surface area (Å²) < 4.78 is 1.88. The number of rotatable bonds is 3. The molecule has 1 aromatic heterocycles. The highest BCUT2D eigenvalue weighted by Crippen LogP contribution is 2.41. The van der Waals surface area contributed by atoms with Gasteiger partial charge in [-0.15, -0.1) is 0 Å². The number of hydrogen-bond acceptors (Lipinski definition) is 4. The highest BCUT2D eigenvalue weighted by atomic mass is 16.2. The van der Waals surface area contributed by atoms with Gasteiger partial charge in [0, 0.05) is 16.3 Å². The van der Waals surface area contributed by atoms with E-state index < -0.39 is 11.8 Å². The lowest BCUT2D eigenvalue weighted by atomic mass is 10.0. The second kappa shape index (κ2) is 8.80. The maximum Gasteiger partial charge on any atom is 0.268 e. The van der Waals surface area contributed by atoms with Gasteiger partial charge in [0.25, 0.3) is 11.8 Å². The van der Waals surface area contributed by atoms with Crippen LogP contribution in [0.1, 0.15) is 31.8 Å². The number of anilines is 1. The zero-order valence-electron chi connectivity index (χ0n) is 21.0. The minimum atomic E-state index is -0.429. The van der Waals surface area contributed by atoms with Crippen LogP contribution in [-0.2, 0) is 0 Å². The Morgan fingerprint density at radius 1 is 0.525 bits per heavy atom. The zero-order chi connectivity index (χ0) is 27.4. The smallest absolute Gasteiger partial charge is 0.268 e. The van der Waals surface area contributed by atoms with Gasteiger partial charge in [-0.05, 0) is 48.0 Å². The number of amides is 2. The Morgan fingerprint density at radius 3 is 1.73 bits per heavy atom. The molecule has 0 bridgehead atoms. The number of nitriles is 2. The SMILES string of the molecule is N#Cc1cccc2c1c1c(C#N)cccc1n2-c1cccc2c1C(=O)N(c1ccccc1-c1ccccc1)C2=O. The van der Waals surface area contributed by atoms with Crippen molar-refractivity contribution in [2.24, 2.45) is 0 Å². The molecule has 0 atom stereocenters. The first-order chi connectivity index (χ1) is 19.6. The monoisotopic (exact) mass is 514 g/mol. The summed E-state index contributed by atoms with van der Waals surface area (Å²) in [7, 11) is 0. The summed E-state index contributed by atoms with van der Waals surface area (Å²) in [6.45, 7) is 0. The number of fused-ring (bicyclic) bond motifs is 4. The second-order valence-electron chi connectivity index (χ2n) is 9.49. The van der Waals surface area contributed by atoms with Crippen molar-refractivity contribution >= 4 is 39.3 Å². The average Bonchev–Trinajstić information content (AvgIpc) is 3.48. The molecule has 2 heterocycles. The van der Waals surface area contributed by atoms with E-state index in [1.807, 2.05) is 65.2 Å². The quantitative estimate of drug-likeness (QED) is 0.238. The van der Waals surface area contributed by atoms with Gasteiger partial charge >= 0.3 is 0 Å². The highest BCUT2D eigenvalue weighted by molar-refractivity contribution is 6.36. The number of para-hydroxylation sites is 1. The van der Waals surface area contributed by atoms with E-state index in [1.54, 1.807) is 48.5 Å². The molecule has 0 fully saturated rings. The summed E-state index contributed by atoms with van der Waals surface area (Å²) >= 11 is 0. The molecule has 6 nitrogen and oxygen atoms in total. The number of nitrogens with zero attached hydrogens (tertiary/aromatic N) is 4. The summed E-state index contributed by atoms with van der Waals surface area (Å²) in [5.41, 5.74) is 5.47. The van der Waals surface area contributed by atoms with Gasteiger partial charge in [0.2, 0.25) is 0 Å². The van der Waals surface area contributed by atoms with E-state index in [2.05, 4.69) is 12.1 Å². The predicted molar refractivity (Wildman–Crippen MR) is 153 cm³/mol. The Balaban J connectivity index is 1.50. The van der Waals surface area contributed by atoms with Crippen LogP contribution in [0.25, 0.3) is 38.6 Å². The van der Waals surface area contributed by atoms with Crippen LogP contribution in [0.4, 0.5) is 5.69 Å². The van der Waals surface area contributed by atoms with Crippen LogP contribution in [0.5, 0.6) is 0 Å². The first-order valence-electron chi connectivity index (χ1n) is 12.7. The van der Waals surface area contributed by atoms with E-state index in [9.17, 15) is 20.1 Å². The standard InChI is InChI=1S/C34H18N4O2/c35-19-22-11-6-16-27-30(22)31-23(20-36)12-7-17-28(31)37(27)29-18-8-14-25-32(29)34(40)38(33(25)39)26-15-5-4-13-24(26)21-9-2-1-3-10-21/h1-18H. The second-order valence-corrected chi connectivity index (χ2v) is 9.49. The molecule has 0 saturated heterocycles. The van der Waals surface area contributed by atoms with E-state index in [1.165, 1.54) is 4.90 Å². The highest BCUT2D eigenvalue weighted by Gasteiger charge is 2.40. The average molecular weight is 515 g/mol. The molecule has 0 unspecified atom stereocenters. The van der Waals surface area contributed by atoms with Crippen molar-refractivity contribution in [3.8, 4) is 29.0 Å². The number of hydrogen-bond donors (Lipinski definition) is 0. The Labute approximate surface area is 229 Å². The van der Waals surface area contributed by atoms with Crippen molar-refractivity contribution in [3.05, 3.63) is 131 Å². The normalized spacial score (nSPS) is 12.5. The molecule has 6 heteroatoms. The number of aromatic nitrogens is 1. The van der Waals surface area contributed by atoms with Gasteiger partial charge in [-0.25, -0.2) is 4.90 Å². The minimum Gasteiger partial charge on any atom is -0.308 e. The molecular formula is C34H18N4O2. The molecule has 0 N–H and O–H groups in total. The lowest BCUT2D eigenvalue weighted by molar-refractivity contribution is 0.0926. The maximum absolute atomic E-state index is 14.2. The molecule has 1 aliphatic rings. The Bertz CT molecular complexity index is 2060. The van der Waals surface area contributed by atoms with Crippen molar-refractivity contribution < 1.29 is 9.59 Å². The van der Waals surface area contributed by atoms with Crippen LogP contribution < -0.4 is 4.90 Å². The maximum atomic E-state index is 14.2. The third-order valence-electron chi connectivity index (χ3n) is 7.42. The molecule has 7 rings (SSSR count). The van der Waals surface area contributed by atoms with Crippen molar-refractivity contribution in [2.45, 2.75) is 0 Å². The lowest BCUT2D eigenvalue weighted by Gasteiger charge is -2.18. The largest absolute Gasteiger partial charge is 0.308 e. The fraction of sp³-hybridized carbons (Fsp3) is 0. The molecule has 0 radical (unpaired) electrons. The molecule has 0 spiro atoms. The Hall–Kier alpha value is -5.98. The van der Waals surface area contributed by atoms with E-state index in [0.717, 1.165) is 11.1 Å². The van der Waals surface area contributed by atoms with Crippen molar-refractivity contribution in [2.75, 3.05) is 4.90 Å².